The van der Waals surface area contributed by atoms with Gasteiger partial charge in [-0.2, -0.15) is 0 Å². The molecule has 4 nitrogen and oxygen atoms in total. The first-order valence-corrected chi connectivity index (χ1v) is 7.48. The Hall–Kier alpha value is -0.780. The van der Waals surface area contributed by atoms with E-state index in [0.29, 0.717) is 18.1 Å². The summed E-state index contributed by atoms with van der Waals surface area (Å²) in [6.45, 7) is 4.04. The number of carbonyl (C=O) groups is 1. The molecule has 0 amide bonds. The smallest absolute Gasteiger partial charge is 0.326 e. The van der Waals surface area contributed by atoms with E-state index in [4.69, 9.17) is 16.3 Å². The van der Waals surface area contributed by atoms with Crippen LogP contribution in [0.15, 0.2) is 23.4 Å². The van der Waals surface area contributed by atoms with Gasteiger partial charge in [-0.3, -0.25) is 4.79 Å². The Kier molecular flexibility index (Phi) is 6.62. The number of thioether (sulfide) groups is 1. The fraction of sp³-hybridized carbons (Fsp3) is 0.538. The number of esters is 1. The van der Waals surface area contributed by atoms with Crippen molar-refractivity contribution in [2.24, 2.45) is 0 Å². The molecule has 0 radical (unpaired) electrons. The molecule has 106 valence electrons. The summed E-state index contributed by atoms with van der Waals surface area (Å²) >= 11 is 7.36. The van der Waals surface area contributed by atoms with E-state index in [1.807, 2.05) is 13.0 Å². The van der Waals surface area contributed by atoms with E-state index >= 15 is 0 Å². The molecule has 0 aromatic carbocycles. The van der Waals surface area contributed by atoms with Crippen molar-refractivity contribution < 1.29 is 9.53 Å². The van der Waals surface area contributed by atoms with Crippen molar-refractivity contribution in [1.82, 2.24) is 10.3 Å². The second-order valence-electron chi connectivity index (χ2n) is 4.22. The van der Waals surface area contributed by atoms with Crippen molar-refractivity contribution in [3.63, 3.8) is 0 Å². The number of nitrogens with one attached hydrogen (secondary N) is 1. The first-order valence-electron chi connectivity index (χ1n) is 6.12. The van der Waals surface area contributed by atoms with Crippen LogP contribution in [-0.2, 0) is 9.53 Å². The second-order valence-corrected chi connectivity index (χ2v) is 5.77. The third kappa shape index (κ3) is 5.01. The highest BCUT2D eigenvalue weighted by atomic mass is 35.5. The van der Waals surface area contributed by atoms with Crippen LogP contribution in [0.25, 0.3) is 0 Å². The molecule has 0 aliphatic carbocycles. The zero-order valence-electron chi connectivity index (χ0n) is 11.4. The van der Waals surface area contributed by atoms with Gasteiger partial charge in [0.05, 0.1) is 16.7 Å². The molecular weight excluding hydrogens is 284 g/mol. The number of nitrogens with zero attached hydrogens (tertiary/aromatic N) is 1. The molecule has 0 saturated heterocycles. The molecule has 1 N–H and O–H groups in total. The summed E-state index contributed by atoms with van der Waals surface area (Å²) in [7, 11) is 1.77. The molecule has 1 aromatic heterocycles. The number of halogens is 1. The zero-order chi connectivity index (χ0) is 14.3. The lowest BCUT2D eigenvalue weighted by atomic mass is 10.00. The van der Waals surface area contributed by atoms with E-state index < -0.39 is 5.54 Å². The average molecular weight is 303 g/mol. The Balaban J connectivity index is 2.49. The molecule has 0 fully saturated rings. The molecule has 0 saturated carbocycles. The number of carbonyl (C=O) groups excluding carboxylic acids is 1. The molecule has 1 rings (SSSR count). The minimum Gasteiger partial charge on any atom is -0.465 e. The van der Waals surface area contributed by atoms with Crippen molar-refractivity contribution in [3.8, 4) is 0 Å². The quantitative estimate of drug-likeness (QED) is 0.620. The van der Waals surface area contributed by atoms with Crippen LogP contribution in [0.3, 0.4) is 0 Å². The van der Waals surface area contributed by atoms with Crippen LogP contribution in [0.4, 0.5) is 0 Å². The molecule has 19 heavy (non-hydrogen) atoms. The van der Waals surface area contributed by atoms with E-state index in [9.17, 15) is 4.79 Å². The minimum atomic E-state index is -0.657. The van der Waals surface area contributed by atoms with Gasteiger partial charge in [-0.15, -0.1) is 11.8 Å². The van der Waals surface area contributed by atoms with E-state index in [1.54, 1.807) is 38.0 Å². The highest BCUT2D eigenvalue weighted by molar-refractivity contribution is 7.99. The molecular formula is C13H19ClN2O2S. The van der Waals surface area contributed by atoms with Gasteiger partial charge >= 0.3 is 5.97 Å². The van der Waals surface area contributed by atoms with Crippen molar-refractivity contribution in [2.75, 3.05) is 19.4 Å². The number of aromatic nitrogens is 1. The summed E-state index contributed by atoms with van der Waals surface area (Å²) in [4.78, 5) is 16.1. The molecule has 1 unspecified atom stereocenters. The SMILES string of the molecule is CCOC(=O)C(C)(CCSc1ccc(Cl)cn1)NC. The van der Waals surface area contributed by atoms with Crippen molar-refractivity contribution in [2.45, 2.75) is 30.8 Å². The van der Waals surface area contributed by atoms with Gasteiger partial charge in [0.2, 0.25) is 0 Å². The summed E-state index contributed by atoms with van der Waals surface area (Å²) in [5.74, 6) is 0.548. The Morgan fingerprint density at radius 1 is 1.58 bits per heavy atom. The summed E-state index contributed by atoms with van der Waals surface area (Å²) in [6, 6.07) is 3.67. The summed E-state index contributed by atoms with van der Waals surface area (Å²) in [6.07, 6.45) is 2.28. The van der Waals surface area contributed by atoms with Crippen molar-refractivity contribution >= 4 is 29.3 Å². The topological polar surface area (TPSA) is 51.2 Å². The van der Waals surface area contributed by atoms with E-state index in [0.717, 1.165) is 10.8 Å². The normalized spacial score (nSPS) is 13.9. The van der Waals surface area contributed by atoms with Gasteiger partial charge in [0, 0.05) is 11.9 Å². The number of rotatable bonds is 7. The highest BCUT2D eigenvalue weighted by Crippen LogP contribution is 2.22. The van der Waals surface area contributed by atoms with E-state index in [1.165, 1.54) is 0 Å². The highest BCUT2D eigenvalue weighted by Gasteiger charge is 2.32. The molecule has 1 atom stereocenters. The fourth-order valence-corrected chi connectivity index (χ4v) is 2.55. The Bertz CT molecular complexity index is 414. The third-order valence-electron chi connectivity index (χ3n) is 2.83. The monoisotopic (exact) mass is 302 g/mol. The van der Waals surface area contributed by atoms with Gasteiger partial charge in [0.25, 0.3) is 0 Å². The van der Waals surface area contributed by atoms with Gasteiger partial charge < -0.3 is 10.1 Å². The van der Waals surface area contributed by atoms with Gasteiger partial charge in [-0.05, 0) is 39.4 Å². The van der Waals surface area contributed by atoms with Crippen LogP contribution < -0.4 is 5.32 Å². The molecule has 0 bridgehead atoms. The Morgan fingerprint density at radius 2 is 2.32 bits per heavy atom. The van der Waals surface area contributed by atoms with Crippen LogP contribution in [0.2, 0.25) is 5.02 Å². The lowest BCUT2D eigenvalue weighted by Gasteiger charge is -2.26. The van der Waals surface area contributed by atoms with Crippen LogP contribution in [-0.4, -0.2) is 35.9 Å². The predicted octanol–water partition coefficient (Wildman–Crippen LogP) is 2.76. The maximum atomic E-state index is 11.9. The maximum absolute atomic E-state index is 11.9. The lowest BCUT2D eigenvalue weighted by Crippen LogP contribution is -2.49. The van der Waals surface area contributed by atoms with Gasteiger partial charge in [-0.1, -0.05) is 11.6 Å². The summed E-state index contributed by atoms with van der Waals surface area (Å²) in [5.41, 5.74) is -0.657. The molecule has 1 heterocycles. The van der Waals surface area contributed by atoms with Crippen LogP contribution in [0.1, 0.15) is 20.3 Å². The van der Waals surface area contributed by atoms with Crippen LogP contribution in [0, 0.1) is 0 Å². The number of hydrogen-bond acceptors (Lipinski definition) is 5. The number of ether oxygens (including phenoxy) is 1. The van der Waals surface area contributed by atoms with Crippen molar-refractivity contribution in [3.05, 3.63) is 23.4 Å². The van der Waals surface area contributed by atoms with Gasteiger partial charge in [0.15, 0.2) is 0 Å². The minimum absolute atomic E-state index is 0.220. The Morgan fingerprint density at radius 3 is 2.84 bits per heavy atom. The second kappa shape index (κ2) is 7.72. The summed E-state index contributed by atoms with van der Waals surface area (Å²) < 4.78 is 5.07. The fourth-order valence-electron chi connectivity index (χ4n) is 1.43. The zero-order valence-corrected chi connectivity index (χ0v) is 13.0. The predicted molar refractivity (Wildman–Crippen MR) is 78.7 cm³/mol. The average Bonchev–Trinajstić information content (AvgIpc) is 2.41. The standard InChI is InChI=1S/C13H19ClN2O2S/c1-4-18-12(17)13(2,15-3)7-8-19-11-6-5-10(14)9-16-11/h5-6,9,15H,4,7-8H2,1-3H3. The van der Waals surface area contributed by atoms with Gasteiger partial charge in [0.1, 0.15) is 5.54 Å². The largest absolute Gasteiger partial charge is 0.465 e. The third-order valence-corrected chi connectivity index (χ3v) is 4.00. The van der Waals surface area contributed by atoms with E-state index in [-0.39, 0.29) is 5.97 Å². The molecule has 0 aliphatic heterocycles. The van der Waals surface area contributed by atoms with Crippen LogP contribution >= 0.6 is 23.4 Å². The summed E-state index contributed by atoms with van der Waals surface area (Å²) in [5, 5.41) is 4.55. The van der Waals surface area contributed by atoms with E-state index in [2.05, 4.69) is 10.3 Å². The lowest BCUT2D eigenvalue weighted by molar-refractivity contribution is -0.150. The molecule has 1 aromatic rings. The maximum Gasteiger partial charge on any atom is 0.326 e. The first kappa shape index (κ1) is 16.3. The number of pyridine rings is 1. The Labute approximate surface area is 123 Å². The van der Waals surface area contributed by atoms with Crippen molar-refractivity contribution in [1.29, 1.82) is 0 Å². The van der Waals surface area contributed by atoms with Crippen LogP contribution in [0.5, 0.6) is 0 Å². The number of likely N-dealkylation sites (N-methyl/N-ethyl adjacent to an activating group) is 1. The molecule has 0 spiro atoms. The first-order chi connectivity index (χ1) is 9.01. The number of hydrogen-bond donors (Lipinski definition) is 1. The van der Waals surface area contributed by atoms with Gasteiger partial charge in [-0.25, -0.2) is 4.98 Å². The molecule has 0 aliphatic rings. The molecule has 6 heteroatoms.